The van der Waals surface area contributed by atoms with E-state index in [1.165, 1.54) is 135 Å². The third-order valence-corrected chi connectivity index (χ3v) is 23.7. The third-order valence-electron chi connectivity index (χ3n) is 23.7. The van der Waals surface area contributed by atoms with E-state index in [1.54, 1.807) is 6.08 Å². The first-order chi connectivity index (χ1) is 58.5. The number of carbonyl (C=O) groups is 4. The van der Waals surface area contributed by atoms with Crippen molar-refractivity contribution >= 4 is 23.7 Å². The van der Waals surface area contributed by atoms with Crippen LogP contribution in [0.4, 0.5) is 0 Å². The second-order valence-corrected chi connectivity index (χ2v) is 33.5. The topological polar surface area (TPSA) is 620 Å². The summed E-state index contributed by atoms with van der Waals surface area (Å²) in [6.45, 7) is -0.612. The van der Waals surface area contributed by atoms with Crippen molar-refractivity contribution < 1.29 is 178 Å². The van der Waals surface area contributed by atoms with Crippen LogP contribution >= 0.6 is 0 Å². The average Bonchev–Trinajstić information content (AvgIpc) is 0.754. The van der Waals surface area contributed by atoms with Gasteiger partial charge in [0, 0.05) is 26.7 Å². The summed E-state index contributed by atoms with van der Waals surface area (Å²) in [6.07, 6.45) is -20.8. The van der Waals surface area contributed by atoms with Gasteiger partial charge in [-0.05, 0) is 19.3 Å². The molecule has 0 aliphatic carbocycles. The van der Waals surface area contributed by atoms with Gasteiger partial charge in [-0.3, -0.25) is 14.4 Å². The van der Waals surface area contributed by atoms with E-state index >= 15 is 0 Å². The van der Waals surface area contributed by atoms with Crippen molar-refractivity contribution in [3.05, 3.63) is 12.2 Å². The first-order valence-electron chi connectivity index (χ1n) is 44.6. The molecule has 3 amide bonds. The van der Waals surface area contributed by atoms with Crippen LogP contribution in [0.25, 0.3) is 0 Å². The number of rotatable bonds is 59. The molecule has 0 aromatic heterocycles. The molecule has 0 bridgehead atoms. The lowest BCUT2D eigenvalue weighted by atomic mass is 9.88. The fraction of sp³-hybridized carbons (Fsp3) is 0.928. The second-order valence-electron chi connectivity index (χ2n) is 33.5. The zero-order valence-electron chi connectivity index (χ0n) is 71.4. The Morgan fingerprint density at radius 3 is 1.21 bits per heavy atom. The highest BCUT2D eigenvalue weighted by atomic mass is 16.8. The van der Waals surface area contributed by atoms with Crippen LogP contribution in [0.1, 0.15) is 240 Å². The zero-order valence-corrected chi connectivity index (χ0v) is 71.4. The average molecular weight is 1770 g/mol. The van der Waals surface area contributed by atoms with E-state index in [1.807, 2.05) is 6.08 Å². The Labute approximate surface area is 714 Å². The van der Waals surface area contributed by atoms with Gasteiger partial charge in [0.1, 0.15) is 140 Å². The van der Waals surface area contributed by atoms with Crippen LogP contribution in [-0.4, -0.2) is 374 Å². The van der Waals surface area contributed by atoms with E-state index in [0.29, 0.717) is 12.8 Å². The predicted molar refractivity (Wildman–Crippen MR) is 429 cm³/mol. The molecule has 6 rings (SSSR count). The van der Waals surface area contributed by atoms with Gasteiger partial charge in [-0.15, -0.1) is 0 Å². The molecule has 0 spiro atoms. The van der Waals surface area contributed by atoms with E-state index in [0.717, 1.165) is 65.2 Å². The maximum absolute atomic E-state index is 13.6. The molecule has 6 heterocycles. The van der Waals surface area contributed by atoms with Gasteiger partial charge in [-0.1, -0.05) is 206 Å². The predicted octanol–water partition coefficient (Wildman–Crippen LogP) is -1.66. The second kappa shape index (κ2) is 56.7. The van der Waals surface area contributed by atoms with Crippen molar-refractivity contribution in [2.24, 2.45) is 0 Å². The fourth-order valence-electron chi connectivity index (χ4n) is 16.5. The van der Waals surface area contributed by atoms with Crippen molar-refractivity contribution in [1.29, 1.82) is 0 Å². The maximum Gasteiger partial charge on any atom is 0.364 e. The number of amides is 3. The minimum absolute atomic E-state index is 0.163. The highest BCUT2D eigenvalue weighted by molar-refractivity contribution is 5.77. The lowest BCUT2D eigenvalue weighted by Gasteiger charge is -2.51. The number of allylic oxidation sites excluding steroid dienone is 1. The quantitative estimate of drug-likeness (QED) is 0.0239. The number of aliphatic hydroxyl groups excluding tert-OH is 19. The van der Waals surface area contributed by atoms with Crippen LogP contribution in [0.3, 0.4) is 0 Å². The van der Waals surface area contributed by atoms with E-state index in [2.05, 4.69) is 29.8 Å². The van der Waals surface area contributed by atoms with Gasteiger partial charge in [-0.2, -0.15) is 0 Å². The molecule has 6 saturated heterocycles. The fourth-order valence-corrected chi connectivity index (χ4v) is 16.5. The SMILES string of the molecule is CCCCCCCCCCCCC/C=C/[C@@H](O)[C@H](CO[C@@H]1OC(CO)[C@@H](O[C@@H]2OC(CO)[C@H](O)[C@H](O[C@@H]3OC(CO)[C@@H](O[C@@H]4OC(CO)[C@H](O)[C@H](O[C@@H]5OC(CO)[C@H](O)[C@H](O[C@]6(C(=O)O)CC(O)[C@@H](NC(C)=O)C([C@H](O)[C@H](O)CO)O6)C5O)C4O)[C@H](O)C3NC(C)=O)C2O)[C@H](O)C1O)NC(=O)CCCCCCCCCCCCCCCCCCCCC. The van der Waals surface area contributed by atoms with Crippen molar-refractivity contribution in [3.8, 4) is 0 Å². The number of nitrogens with one attached hydrogen (secondary N) is 3. The molecule has 12 unspecified atom stereocenters. The summed E-state index contributed by atoms with van der Waals surface area (Å²) in [5.74, 6) is -7.43. The first kappa shape index (κ1) is 107. The number of carbonyl (C=O) groups excluding carboxylic acids is 3. The van der Waals surface area contributed by atoms with Gasteiger partial charge in [-0.25, -0.2) is 4.79 Å². The van der Waals surface area contributed by atoms with Crippen molar-refractivity contribution in [3.63, 3.8) is 0 Å². The molecule has 23 N–H and O–H groups in total. The molecule has 39 nitrogen and oxygen atoms in total. The highest BCUT2D eigenvalue weighted by Crippen LogP contribution is 2.41. The van der Waals surface area contributed by atoms with Gasteiger partial charge in [0.25, 0.3) is 5.79 Å². The summed E-state index contributed by atoms with van der Waals surface area (Å²) in [4.78, 5) is 51.9. The highest BCUT2D eigenvalue weighted by Gasteiger charge is 2.62. The van der Waals surface area contributed by atoms with Gasteiger partial charge >= 0.3 is 5.97 Å². The van der Waals surface area contributed by atoms with Gasteiger partial charge in [0.2, 0.25) is 17.7 Å². The number of aliphatic carboxylic acids is 1. The Bertz CT molecular complexity index is 2910. The van der Waals surface area contributed by atoms with Crippen LogP contribution < -0.4 is 16.0 Å². The molecule has 6 aliphatic rings. The molecule has 33 atom stereocenters. The van der Waals surface area contributed by atoms with E-state index in [-0.39, 0.29) is 12.3 Å². The Morgan fingerprint density at radius 1 is 0.426 bits per heavy atom. The van der Waals surface area contributed by atoms with Crippen LogP contribution in [0.5, 0.6) is 0 Å². The van der Waals surface area contributed by atoms with E-state index in [9.17, 15) is 121 Å². The number of hydrogen-bond donors (Lipinski definition) is 23. The maximum atomic E-state index is 13.6. The largest absolute Gasteiger partial charge is 0.477 e. The van der Waals surface area contributed by atoms with Crippen molar-refractivity contribution in [2.45, 2.75) is 441 Å². The standard InChI is InChI=1S/C83H149N3O36/c1-5-7-9-11-13-15-17-19-20-21-22-23-24-26-28-30-32-34-36-38-58(98)86-49(50(95)37-35-33-31-29-27-25-18-16-14-12-10-8-6-2)46-111-78-67(105)66(104)72(57(45-92)116-78)118-80-68(106)74(62(100)53(41-88)113-80)119-77-60(85-48(4)94)65(103)71(56(44-91)115-77)117-79-69(107)75(63(101)54(42-89)112-79)120-81-70(108)76(64(102)55(43-90)114-81)122-83(82(109)110)39-51(96)59(84-47(3)93)73(121-83)61(99)52(97)40-87/h35,37,49-57,59-81,87-92,95-97,99-108H,5-34,36,38-46H2,1-4H3,(H,84,93)(H,85,94)(H,86,98)(H,109,110)/b37-35+/t49-,50+,51?,52+,53?,54?,55?,56?,57?,59+,60?,61+,62-,63-,64-,65+,66+,67?,68?,69?,70?,71+,72+,73?,74-,75-,76-,77-,78+,79-,80-,81-,83-/m0/s1. The Balaban J connectivity index is 1.09. The summed E-state index contributed by atoms with van der Waals surface area (Å²) in [5, 5.41) is 231. The first-order valence-corrected chi connectivity index (χ1v) is 44.6. The Kier molecular flexibility index (Phi) is 49.8. The number of aliphatic hydroxyl groups is 19. The molecule has 0 saturated carbocycles. The number of unbranched alkanes of at least 4 members (excludes halogenated alkanes) is 29. The molecular weight excluding hydrogens is 1610 g/mol. The Morgan fingerprint density at radius 2 is 0.795 bits per heavy atom. The van der Waals surface area contributed by atoms with E-state index in [4.69, 9.17) is 56.8 Å². The monoisotopic (exact) mass is 1760 g/mol. The molecule has 0 aromatic carbocycles. The number of carboxylic acids is 1. The van der Waals surface area contributed by atoms with Crippen LogP contribution in [-0.2, 0) is 76.0 Å². The molecular formula is C83H149N3O36. The molecule has 6 aliphatic heterocycles. The van der Waals surface area contributed by atoms with Gasteiger partial charge < -0.3 is 175 Å². The van der Waals surface area contributed by atoms with Crippen molar-refractivity contribution in [1.82, 2.24) is 16.0 Å². The number of carboxylic acid groups (broad SMARTS) is 1. The summed E-state index contributed by atoms with van der Waals surface area (Å²) >= 11 is 0. The number of hydrogen-bond acceptors (Lipinski definition) is 35. The Hall–Kier alpha value is -3.62. The van der Waals surface area contributed by atoms with Crippen LogP contribution in [0.15, 0.2) is 12.2 Å². The van der Waals surface area contributed by atoms with Crippen LogP contribution in [0, 0.1) is 0 Å². The lowest BCUT2D eigenvalue weighted by Crippen LogP contribution is -2.71. The molecule has 0 radical (unpaired) electrons. The normalized spacial score (nSPS) is 35.6. The molecule has 39 heteroatoms. The molecule has 712 valence electrons. The smallest absolute Gasteiger partial charge is 0.364 e. The lowest BCUT2D eigenvalue weighted by molar-refractivity contribution is -0.395. The minimum Gasteiger partial charge on any atom is -0.477 e. The minimum atomic E-state index is -3.23. The molecule has 0 aromatic rings. The summed E-state index contributed by atoms with van der Waals surface area (Å²) in [5.41, 5.74) is 0. The zero-order chi connectivity index (χ0) is 89.6. The van der Waals surface area contributed by atoms with Crippen molar-refractivity contribution in [2.75, 3.05) is 46.2 Å². The molecule has 6 fully saturated rings. The van der Waals surface area contributed by atoms with Crippen LogP contribution in [0.2, 0.25) is 0 Å². The number of ether oxygens (including phenoxy) is 12. The summed E-state index contributed by atoms with van der Waals surface area (Å²) < 4.78 is 70.5. The molecule has 122 heavy (non-hydrogen) atoms. The van der Waals surface area contributed by atoms with Gasteiger partial charge in [0.15, 0.2) is 31.5 Å². The van der Waals surface area contributed by atoms with Gasteiger partial charge in [0.05, 0.1) is 70.5 Å². The van der Waals surface area contributed by atoms with E-state index < -0.39 is 272 Å². The third kappa shape index (κ3) is 32.5. The summed E-state index contributed by atoms with van der Waals surface area (Å²) in [6, 6.07) is -4.67. The summed E-state index contributed by atoms with van der Waals surface area (Å²) in [7, 11) is 0.